The summed E-state index contributed by atoms with van der Waals surface area (Å²) in [5.41, 5.74) is 6.39. The maximum atomic E-state index is 13.3. The van der Waals surface area contributed by atoms with Gasteiger partial charge in [-0.25, -0.2) is 4.68 Å². The van der Waals surface area contributed by atoms with E-state index >= 15 is 0 Å². The summed E-state index contributed by atoms with van der Waals surface area (Å²) in [6, 6.07) is 27.0. The lowest BCUT2D eigenvalue weighted by Crippen LogP contribution is -2.41. The number of aromatic nitrogens is 3. The summed E-state index contributed by atoms with van der Waals surface area (Å²) in [7, 11) is 0. The molecule has 2 heterocycles. The Morgan fingerprint density at radius 1 is 1.00 bits per heavy atom. The molecule has 2 atom stereocenters. The van der Waals surface area contributed by atoms with E-state index in [0.29, 0.717) is 11.0 Å². The van der Waals surface area contributed by atoms with Crippen molar-refractivity contribution in [1.29, 1.82) is 0 Å². The number of thioether (sulfide) groups is 1. The molecule has 8 heteroatoms. The van der Waals surface area contributed by atoms with Crippen LogP contribution < -0.4 is 15.5 Å². The Labute approximate surface area is 196 Å². The lowest BCUT2D eigenvalue weighted by atomic mass is 10.0. The molecule has 0 fully saturated rings. The second kappa shape index (κ2) is 9.38. The smallest absolute Gasteiger partial charge is 0.240 e. The Balaban J connectivity index is 1.42. The van der Waals surface area contributed by atoms with Crippen LogP contribution in [0.3, 0.4) is 0 Å². The van der Waals surface area contributed by atoms with Crippen molar-refractivity contribution in [2.24, 2.45) is 0 Å². The van der Waals surface area contributed by atoms with Crippen LogP contribution in [0, 0.1) is 6.92 Å². The Morgan fingerprint density at radius 3 is 2.42 bits per heavy atom. The molecule has 0 radical (unpaired) electrons. The van der Waals surface area contributed by atoms with E-state index in [9.17, 15) is 4.79 Å². The third-order valence-corrected chi connectivity index (χ3v) is 6.57. The lowest BCUT2D eigenvalue weighted by molar-refractivity contribution is -0.116. The van der Waals surface area contributed by atoms with Crippen LogP contribution in [0.15, 0.2) is 90.1 Å². The van der Waals surface area contributed by atoms with E-state index in [0.717, 1.165) is 22.6 Å². The number of carbonyl (C=O) groups excluding carboxylic acids is 1. The summed E-state index contributed by atoms with van der Waals surface area (Å²) in [5, 5.41) is 11.8. The number of nitrogens with zero attached hydrogens (tertiary/aromatic N) is 3. The number of amides is 1. The molecule has 7 nitrogen and oxygen atoms in total. The number of hydrogen-bond donors (Lipinski definition) is 2. The molecule has 3 aromatic carbocycles. The van der Waals surface area contributed by atoms with Gasteiger partial charge in [0, 0.05) is 5.69 Å². The highest BCUT2D eigenvalue weighted by atomic mass is 32.2. The molecule has 0 aliphatic carbocycles. The summed E-state index contributed by atoms with van der Waals surface area (Å²) in [6.07, 6.45) is 0. The van der Waals surface area contributed by atoms with Gasteiger partial charge in [-0.3, -0.25) is 4.79 Å². The van der Waals surface area contributed by atoms with E-state index in [1.54, 1.807) is 0 Å². The number of para-hydroxylation sites is 2. The molecule has 2 N–H and O–H groups in total. The van der Waals surface area contributed by atoms with Crippen LogP contribution in [0.1, 0.15) is 23.0 Å². The fourth-order valence-corrected chi connectivity index (χ4v) is 4.71. The topological polar surface area (TPSA) is 81.1 Å². The molecule has 0 unspecified atom stereocenters. The monoisotopic (exact) mass is 457 g/mol. The third kappa shape index (κ3) is 4.70. The molecule has 1 aliphatic rings. The van der Waals surface area contributed by atoms with E-state index < -0.39 is 5.25 Å². The van der Waals surface area contributed by atoms with Crippen molar-refractivity contribution >= 4 is 23.4 Å². The summed E-state index contributed by atoms with van der Waals surface area (Å²) in [5.74, 6) is 1.30. The van der Waals surface area contributed by atoms with Gasteiger partial charge in [0.15, 0.2) is 5.82 Å². The zero-order valence-electron chi connectivity index (χ0n) is 18.0. The van der Waals surface area contributed by atoms with Crippen molar-refractivity contribution in [2.75, 3.05) is 10.7 Å². The van der Waals surface area contributed by atoms with Crippen molar-refractivity contribution in [2.45, 2.75) is 30.0 Å². The van der Waals surface area contributed by atoms with Gasteiger partial charge in [-0.05, 0) is 36.8 Å². The van der Waals surface area contributed by atoms with Gasteiger partial charge in [0.05, 0.1) is 6.04 Å². The van der Waals surface area contributed by atoms with Gasteiger partial charge in [-0.1, -0.05) is 78.0 Å². The summed E-state index contributed by atoms with van der Waals surface area (Å²) in [4.78, 5) is 13.3. The molecule has 1 aliphatic heterocycles. The lowest BCUT2D eigenvalue weighted by Gasteiger charge is -2.33. The first-order valence-corrected chi connectivity index (χ1v) is 11.5. The van der Waals surface area contributed by atoms with Gasteiger partial charge in [0.2, 0.25) is 11.1 Å². The SMILES string of the molecule is Cc1ccc([C@@H]2Nn3c(COc4ccccc4)nnc3S[C@H]2C(=O)Nc2ccccc2)cc1. The first-order chi connectivity index (χ1) is 16.2. The molecule has 0 saturated carbocycles. The fourth-order valence-electron chi connectivity index (χ4n) is 3.62. The molecule has 0 spiro atoms. The second-order valence-corrected chi connectivity index (χ2v) is 8.86. The van der Waals surface area contributed by atoms with E-state index in [1.807, 2.05) is 84.4 Å². The number of carbonyl (C=O) groups is 1. The van der Waals surface area contributed by atoms with Crippen molar-refractivity contribution in [1.82, 2.24) is 14.9 Å². The van der Waals surface area contributed by atoms with Crippen LogP contribution in [-0.4, -0.2) is 26.0 Å². The zero-order chi connectivity index (χ0) is 22.6. The standard InChI is InChI=1S/C25H23N5O2S/c1-17-12-14-18(15-13-17)22-23(24(31)26-19-8-4-2-5-9-19)33-25-28-27-21(30(25)29-22)16-32-20-10-6-3-7-11-20/h2-15,22-23,29H,16H2,1H3,(H,26,31)/t22-,23+/m0/s1. The molecule has 4 aromatic rings. The number of rotatable bonds is 6. The molecular formula is C25H23N5O2S. The predicted molar refractivity (Wildman–Crippen MR) is 129 cm³/mol. The average molecular weight is 458 g/mol. The first kappa shape index (κ1) is 21.1. The Kier molecular flexibility index (Phi) is 5.99. The van der Waals surface area contributed by atoms with Crippen molar-refractivity contribution in [3.05, 3.63) is 102 Å². The summed E-state index contributed by atoms with van der Waals surface area (Å²) >= 11 is 1.39. The molecule has 5 rings (SSSR count). The number of fused-ring (bicyclic) bond motifs is 1. The van der Waals surface area contributed by atoms with Gasteiger partial charge in [-0.2, -0.15) is 0 Å². The molecular weight excluding hydrogens is 434 g/mol. The van der Waals surface area contributed by atoms with E-state index in [1.165, 1.54) is 11.8 Å². The van der Waals surface area contributed by atoms with Gasteiger partial charge in [0.25, 0.3) is 0 Å². The number of ether oxygens (including phenoxy) is 1. The first-order valence-electron chi connectivity index (χ1n) is 10.7. The van der Waals surface area contributed by atoms with E-state index in [2.05, 4.69) is 33.1 Å². The molecule has 1 amide bonds. The van der Waals surface area contributed by atoms with E-state index in [4.69, 9.17) is 4.74 Å². The van der Waals surface area contributed by atoms with Crippen molar-refractivity contribution < 1.29 is 9.53 Å². The van der Waals surface area contributed by atoms with Gasteiger partial charge >= 0.3 is 0 Å². The quantitative estimate of drug-likeness (QED) is 0.442. The average Bonchev–Trinajstić information content (AvgIpc) is 3.25. The van der Waals surface area contributed by atoms with E-state index in [-0.39, 0.29) is 18.6 Å². The van der Waals surface area contributed by atoms with Gasteiger partial charge < -0.3 is 15.5 Å². The molecule has 0 bridgehead atoms. The summed E-state index contributed by atoms with van der Waals surface area (Å²) in [6.45, 7) is 2.30. The molecule has 0 saturated heterocycles. The maximum absolute atomic E-state index is 13.3. The number of aryl methyl sites for hydroxylation is 1. The van der Waals surface area contributed by atoms with Crippen molar-refractivity contribution in [3.8, 4) is 5.75 Å². The molecule has 1 aromatic heterocycles. The highest BCUT2D eigenvalue weighted by molar-refractivity contribution is 8.00. The van der Waals surface area contributed by atoms with Gasteiger partial charge in [-0.15, -0.1) is 10.2 Å². The third-order valence-electron chi connectivity index (χ3n) is 5.35. The number of anilines is 1. The van der Waals surface area contributed by atoms with Crippen LogP contribution in [-0.2, 0) is 11.4 Å². The highest BCUT2D eigenvalue weighted by Gasteiger charge is 2.38. The van der Waals surface area contributed by atoms with Crippen LogP contribution in [0.2, 0.25) is 0 Å². The highest BCUT2D eigenvalue weighted by Crippen LogP contribution is 2.37. The van der Waals surface area contributed by atoms with Crippen LogP contribution in [0.4, 0.5) is 5.69 Å². The number of hydrogen-bond acceptors (Lipinski definition) is 6. The normalized spacial score (nSPS) is 17.0. The molecule has 166 valence electrons. The number of benzene rings is 3. The Bertz CT molecular complexity index is 1230. The number of nitrogens with one attached hydrogen (secondary N) is 2. The summed E-state index contributed by atoms with van der Waals surface area (Å²) < 4.78 is 7.70. The van der Waals surface area contributed by atoms with Crippen LogP contribution in [0.5, 0.6) is 5.75 Å². The van der Waals surface area contributed by atoms with Crippen LogP contribution >= 0.6 is 11.8 Å². The van der Waals surface area contributed by atoms with Crippen LogP contribution in [0.25, 0.3) is 0 Å². The molecule has 33 heavy (non-hydrogen) atoms. The Hall–Kier alpha value is -3.78. The largest absolute Gasteiger partial charge is 0.486 e. The van der Waals surface area contributed by atoms with Gasteiger partial charge in [0.1, 0.15) is 17.6 Å². The minimum atomic E-state index is -0.437. The second-order valence-electron chi connectivity index (χ2n) is 7.75. The minimum absolute atomic E-state index is 0.0967. The zero-order valence-corrected chi connectivity index (χ0v) is 18.8. The van der Waals surface area contributed by atoms with Crippen molar-refractivity contribution in [3.63, 3.8) is 0 Å². The minimum Gasteiger partial charge on any atom is -0.486 e. The maximum Gasteiger partial charge on any atom is 0.240 e. The fraction of sp³-hybridized carbons (Fsp3) is 0.160. The Morgan fingerprint density at radius 2 is 1.70 bits per heavy atom. The predicted octanol–water partition coefficient (Wildman–Crippen LogP) is 4.56.